The summed E-state index contributed by atoms with van der Waals surface area (Å²) < 4.78 is 36.0. The Morgan fingerprint density at radius 1 is 1.31 bits per heavy atom. The van der Waals surface area contributed by atoms with Gasteiger partial charge in [0.15, 0.2) is 11.5 Å². The van der Waals surface area contributed by atoms with Crippen molar-refractivity contribution >= 4 is 21.6 Å². The van der Waals surface area contributed by atoms with Crippen molar-refractivity contribution in [3.63, 3.8) is 0 Å². The lowest BCUT2D eigenvalue weighted by atomic mass is 9.96. The zero-order valence-electron chi connectivity index (χ0n) is 15.4. The molecule has 9 heteroatoms. The summed E-state index contributed by atoms with van der Waals surface area (Å²) >= 11 is 0. The lowest BCUT2D eigenvalue weighted by molar-refractivity contribution is 0.0950. The molecular formula is C17H27N3O5S. The highest BCUT2D eigenvalue weighted by Crippen LogP contribution is 2.37. The minimum absolute atomic E-state index is 0.163. The minimum atomic E-state index is -3.53. The van der Waals surface area contributed by atoms with E-state index in [1.54, 1.807) is 0 Å². The largest absolute Gasteiger partial charge is 0.493 e. The van der Waals surface area contributed by atoms with Gasteiger partial charge in [-0.1, -0.05) is 0 Å². The average molecular weight is 385 g/mol. The van der Waals surface area contributed by atoms with Crippen LogP contribution in [0.5, 0.6) is 11.5 Å². The van der Waals surface area contributed by atoms with E-state index in [9.17, 15) is 13.2 Å². The molecule has 1 saturated heterocycles. The van der Waals surface area contributed by atoms with Crippen LogP contribution in [0.3, 0.4) is 0 Å². The van der Waals surface area contributed by atoms with E-state index in [4.69, 9.17) is 9.47 Å². The van der Waals surface area contributed by atoms with Gasteiger partial charge in [0.2, 0.25) is 10.0 Å². The van der Waals surface area contributed by atoms with Gasteiger partial charge in [-0.25, -0.2) is 8.42 Å². The molecule has 1 aromatic carbocycles. The van der Waals surface area contributed by atoms with E-state index in [-0.39, 0.29) is 23.1 Å². The van der Waals surface area contributed by atoms with Crippen LogP contribution in [-0.4, -0.2) is 54.4 Å². The van der Waals surface area contributed by atoms with Crippen LogP contribution in [0.25, 0.3) is 0 Å². The van der Waals surface area contributed by atoms with Crippen molar-refractivity contribution in [2.75, 3.05) is 44.8 Å². The Kier molecular flexibility index (Phi) is 7.10. The number of sulfonamides is 1. The number of methoxy groups -OCH3 is 2. The molecule has 146 valence electrons. The molecule has 0 aromatic heterocycles. The fourth-order valence-corrected chi connectivity index (χ4v) is 3.58. The molecule has 1 fully saturated rings. The van der Waals surface area contributed by atoms with Crippen LogP contribution in [0.2, 0.25) is 0 Å². The summed E-state index contributed by atoms with van der Waals surface area (Å²) in [5.74, 6) is 0.786. The van der Waals surface area contributed by atoms with Crippen molar-refractivity contribution in [3.8, 4) is 11.5 Å². The first kappa shape index (κ1) is 20.3. The number of amides is 1. The van der Waals surface area contributed by atoms with Crippen LogP contribution in [-0.2, 0) is 10.0 Å². The predicted molar refractivity (Wildman–Crippen MR) is 101 cm³/mol. The molecule has 1 atom stereocenters. The first-order chi connectivity index (χ1) is 12.3. The fourth-order valence-electron chi connectivity index (χ4n) is 3.03. The molecule has 3 N–H and O–H groups in total. The summed E-state index contributed by atoms with van der Waals surface area (Å²) in [6.07, 6.45) is 4.26. The molecule has 1 unspecified atom stereocenters. The number of anilines is 1. The summed E-state index contributed by atoms with van der Waals surface area (Å²) in [6.45, 7) is 2.60. The van der Waals surface area contributed by atoms with E-state index in [2.05, 4.69) is 15.4 Å². The monoisotopic (exact) mass is 385 g/mol. The normalized spacial score (nSPS) is 17.4. The maximum atomic E-state index is 12.5. The minimum Gasteiger partial charge on any atom is -0.493 e. The molecule has 1 aliphatic rings. The fraction of sp³-hybridized carbons (Fsp3) is 0.588. The molecule has 0 aliphatic carbocycles. The summed E-state index contributed by atoms with van der Waals surface area (Å²) in [6, 6.07) is 2.98. The van der Waals surface area contributed by atoms with Crippen molar-refractivity contribution < 1.29 is 22.7 Å². The van der Waals surface area contributed by atoms with Gasteiger partial charge in [-0.05, 0) is 50.4 Å². The highest BCUT2D eigenvalue weighted by molar-refractivity contribution is 7.92. The maximum Gasteiger partial charge on any atom is 0.251 e. The van der Waals surface area contributed by atoms with Gasteiger partial charge in [-0.2, -0.15) is 0 Å². The maximum absolute atomic E-state index is 12.5. The SMILES string of the molecule is COc1cc(C(=O)NCCC2CCCNC2)cc(NS(C)(=O)=O)c1OC. The van der Waals surface area contributed by atoms with Gasteiger partial charge < -0.3 is 20.1 Å². The third kappa shape index (κ3) is 5.77. The van der Waals surface area contributed by atoms with E-state index in [1.165, 1.54) is 32.8 Å². The highest BCUT2D eigenvalue weighted by Gasteiger charge is 2.19. The molecule has 0 spiro atoms. The van der Waals surface area contributed by atoms with Crippen molar-refractivity contribution in [2.45, 2.75) is 19.3 Å². The number of rotatable bonds is 8. The van der Waals surface area contributed by atoms with Gasteiger partial charge in [0, 0.05) is 12.1 Å². The van der Waals surface area contributed by atoms with E-state index in [0.717, 1.165) is 32.2 Å². The van der Waals surface area contributed by atoms with Gasteiger partial charge in [0.1, 0.15) is 0 Å². The number of hydrogen-bond donors (Lipinski definition) is 3. The number of carbonyl (C=O) groups is 1. The van der Waals surface area contributed by atoms with Crippen LogP contribution >= 0.6 is 0 Å². The Balaban J connectivity index is 2.11. The average Bonchev–Trinajstić information content (AvgIpc) is 2.60. The first-order valence-electron chi connectivity index (χ1n) is 8.56. The Morgan fingerprint density at radius 2 is 2.08 bits per heavy atom. The third-order valence-corrected chi connectivity index (χ3v) is 4.86. The quantitative estimate of drug-likeness (QED) is 0.621. The van der Waals surface area contributed by atoms with Crippen molar-refractivity contribution in [2.24, 2.45) is 5.92 Å². The van der Waals surface area contributed by atoms with E-state index in [1.807, 2.05) is 0 Å². The second-order valence-electron chi connectivity index (χ2n) is 6.39. The zero-order valence-corrected chi connectivity index (χ0v) is 16.2. The Hall–Kier alpha value is -2.00. The third-order valence-electron chi connectivity index (χ3n) is 4.27. The number of carbonyl (C=O) groups excluding carboxylic acids is 1. The second kappa shape index (κ2) is 9.09. The first-order valence-corrected chi connectivity index (χ1v) is 10.5. The summed E-state index contributed by atoms with van der Waals surface area (Å²) in [4.78, 5) is 12.5. The Morgan fingerprint density at radius 3 is 2.65 bits per heavy atom. The van der Waals surface area contributed by atoms with Gasteiger partial charge in [0.25, 0.3) is 5.91 Å². The molecule has 8 nitrogen and oxygen atoms in total. The van der Waals surface area contributed by atoms with E-state index >= 15 is 0 Å². The molecule has 0 bridgehead atoms. The number of piperidine rings is 1. The van der Waals surface area contributed by atoms with Crippen molar-refractivity contribution in [1.82, 2.24) is 10.6 Å². The van der Waals surface area contributed by atoms with Crippen molar-refractivity contribution in [1.29, 1.82) is 0 Å². The molecule has 0 saturated carbocycles. The number of hydrogen-bond acceptors (Lipinski definition) is 6. The topological polar surface area (TPSA) is 106 Å². The summed E-state index contributed by atoms with van der Waals surface area (Å²) in [5, 5.41) is 6.24. The van der Waals surface area contributed by atoms with Crippen LogP contribution in [0.15, 0.2) is 12.1 Å². The molecule has 1 heterocycles. The van der Waals surface area contributed by atoms with E-state index < -0.39 is 10.0 Å². The lowest BCUT2D eigenvalue weighted by Crippen LogP contribution is -2.33. The number of nitrogens with one attached hydrogen (secondary N) is 3. The van der Waals surface area contributed by atoms with Crippen LogP contribution in [0.1, 0.15) is 29.6 Å². The predicted octanol–water partition coefficient (Wildman–Crippen LogP) is 1.19. The van der Waals surface area contributed by atoms with Gasteiger partial charge in [0.05, 0.1) is 26.2 Å². The van der Waals surface area contributed by atoms with Gasteiger partial charge >= 0.3 is 0 Å². The zero-order chi connectivity index (χ0) is 19.2. The van der Waals surface area contributed by atoms with Crippen LogP contribution < -0.4 is 24.8 Å². The molecule has 1 aliphatic heterocycles. The number of ether oxygens (including phenoxy) is 2. The van der Waals surface area contributed by atoms with Crippen LogP contribution in [0, 0.1) is 5.92 Å². The van der Waals surface area contributed by atoms with Crippen molar-refractivity contribution in [3.05, 3.63) is 17.7 Å². The standard InChI is InChI=1S/C17H27N3O5S/c1-24-15-10-13(9-14(16(15)25-2)20-26(3,22)23)17(21)19-8-6-12-5-4-7-18-11-12/h9-10,12,18,20H,4-8,11H2,1-3H3,(H,19,21). The molecule has 1 aromatic rings. The lowest BCUT2D eigenvalue weighted by Gasteiger charge is -2.22. The summed E-state index contributed by atoms with van der Waals surface area (Å²) in [7, 11) is -0.696. The van der Waals surface area contributed by atoms with Gasteiger partial charge in [-0.3, -0.25) is 9.52 Å². The van der Waals surface area contributed by atoms with Crippen LogP contribution in [0.4, 0.5) is 5.69 Å². The van der Waals surface area contributed by atoms with Gasteiger partial charge in [-0.15, -0.1) is 0 Å². The highest BCUT2D eigenvalue weighted by atomic mass is 32.2. The molecular weight excluding hydrogens is 358 g/mol. The second-order valence-corrected chi connectivity index (χ2v) is 8.14. The molecule has 26 heavy (non-hydrogen) atoms. The summed E-state index contributed by atoms with van der Waals surface area (Å²) in [5.41, 5.74) is 0.464. The molecule has 2 rings (SSSR count). The molecule has 1 amide bonds. The molecule has 0 radical (unpaired) electrons. The number of benzene rings is 1. The Bertz CT molecular complexity index is 730. The Labute approximate surface area is 154 Å². The smallest absolute Gasteiger partial charge is 0.251 e. The van der Waals surface area contributed by atoms with E-state index in [0.29, 0.717) is 18.0 Å².